The molecule has 2 heteroatoms. The van der Waals surface area contributed by atoms with Gasteiger partial charge in [-0.2, -0.15) is 0 Å². The molecule has 1 aliphatic heterocycles. The third kappa shape index (κ3) is 2.50. The molecule has 0 N–H and O–H groups in total. The zero-order valence-corrected chi connectivity index (χ0v) is 10.9. The minimum atomic E-state index is -0.246. The van der Waals surface area contributed by atoms with Crippen LogP contribution in [0.4, 0.5) is 0 Å². The Kier molecular flexibility index (Phi) is 3.23. The zero-order valence-electron chi connectivity index (χ0n) is 10.9. The van der Waals surface area contributed by atoms with Gasteiger partial charge in [-0.25, -0.2) is 0 Å². The van der Waals surface area contributed by atoms with Crippen LogP contribution in [0.2, 0.25) is 0 Å². The van der Waals surface area contributed by atoms with Gasteiger partial charge in [0.25, 0.3) is 0 Å². The summed E-state index contributed by atoms with van der Waals surface area (Å²) >= 11 is 0. The van der Waals surface area contributed by atoms with E-state index in [0.717, 1.165) is 38.9 Å². The number of hydrogen-bond acceptors (Lipinski definition) is 2. The van der Waals surface area contributed by atoms with Crippen LogP contribution >= 0.6 is 0 Å². The molecule has 0 amide bonds. The van der Waals surface area contributed by atoms with Gasteiger partial charge in [0.05, 0.1) is 13.2 Å². The highest BCUT2D eigenvalue weighted by atomic mass is 16.7. The van der Waals surface area contributed by atoms with Crippen molar-refractivity contribution in [2.45, 2.75) is 38.4 Å². The number of rotatable bonds is 1. The Balaban J connectivity index is 1.69. The second-order valence-electron chi connectivity index (χ2n) is 5.32. The molecule has 3 rings (SSSR count). The van der Waals surface area contributed by atoms with E-state index in [2.05, 4.69) is 37.3 Å². The average Bonchev–Trinajstić information content (AvgIpc) is 2.81. The van der Waals surface area contributed by atoms with E-state index in [-0.39, 0.29) is 5.79 Å². The molecule has 1 saturated heterocycles. The minimum Gasteiger partial charge on any atom is -0.348 e. The summed E-state index contributed by atoms with van der Waals surface area (Å²) in [4.78, 5) is 0. The highest BCUT2D eigenvalue weighted by Gasteiger charge is 2.38. The molecular formula is C16H20O2. The Morgan fingerprint density at radius 3 is 2.50 bits per heavy atom. The van der Waals surface area contributed by atoms with Gasteiger partial charge >= 0.3 is 0 Å². The van der Waals surface area contributed by atoms with Crippen LogP contribution in [0.25, 0.3) is 6.08 Å². The molecule has 0 aromatic heterocycles. The molecule has 2 aliphatic rings. The van der Waals surface area contributed by atoms with Crippen molar-refractivity contribution >= 4 is 6.08 Å². The first-order valence-corrected chi connectivity index (χ1v) is 6.80. The lowest BCUT2D eigenvalue weighted by atomic mass is 9.88. The standard InChI is InChI=1S/C16H20O2/c1-13-3-2-4-15(11-13)12-14-5-7-16(8-6-14)17-9-10-18-16/h2-4,11-12H,5-10H2,1H3. The fraction of sp³-hybridized carbons (Fsp3) is 0.500. The number of benzene rings is 1. The summed E-state index contributed by atoms with van der Waals surface area (Å²) in [6.07, 6.45) is 6.52. The molecule has 1 saturated carbocycles. The normalized spacial score (nSPS) is 22.4. The summed E-state index contributed by atoms with van der Waals surface area (Å²) in [5.74, 6) is -0.246. The van der Waals surface area contributed by atoms with E-state index in [4.69, 9.17) is 9.47 Å². The highest BCUT2D eigenvalue weighted by molar-refractivity contribution is 5.54. The number of aryl methyl sites for hydroxylation is 1. The van der Waals surface area contributed by atoms with Gasteiger partial charge < -0.3 is 9.47 Å². The van der Waals surface area contributed by atoms with Gasteiger partial charge in [0.1, 0.15) is 0 Å². The second-order valence-corrected chi connectivity index (χ2v) is 5.32. The monoisotopic (exact) mass is 244 g/mol. The quantitative estimate of drug-likeness (QED) is 0.750. The van der Waals surface area contributed by atoms with Crippen LogP contribution in [-0.4, -0.2) is 19.0 Å². The maximum atomic E-state index is 5.75. The van der Waals surface area contributed by atoms with Crippen LogP contribution in [0.1, 0.15) is 36.8 Å². The first-order valence-electron chi connectivity index (χ1n) is 6.80. The largest absolute Gasteiger partial charge is 0.348 e. The molecule has 0 radical (unpaired) electrons. The van der Waals surface area contributed by atoms with Crippen LogP contribution < -0.4 is 0 Å². The predicted octanol–water partition coefficient (Wildman–Crippen LogP) is 3.70. The van der Waals surface area contributed by atoms with Crippen molar-refractivity contribution in [3.63, 3.8) is 0 Å². The van der Waals surface area contributed by atoms with Gasteiger partial charge in [-0.3, -0.25) is 0 Å². The zero-order chi connectivity index (χ0) is 12.4. The van der Waals surface area contributed by atoms with Crippen molar-refractivity contribution in [3.8, 4) is 0 Å². The van der Waals surface area contributed by atoms with Crippen LogP contribution in [0.3, 0.4) is 0 Å². The topological polar surface area (TPSA) is 18.5 Å². The molecule has 1 aliphatic carbocycles. The van der Waals surface area contributed by atoms with Crippen molar-refractivity contribution < 1.29 is 9.47 Å². The van der Waals surface area contributed by atoms with Crippen molar-refractivity contribution in [2.75, 3.05) is 13.2 Å². The molecule has 96 valence electrons. The Morgan fingerprint density at radius 1 is 1.11 bits per heavy atom. The molecule has 1 heterocycles. The van der Waals surface area contributed by atoms with Crippen molar-refractivity contribution in [1.82, 2.24) is 0 Å². The minimum absolute atomic E-state index is 0.246. The molecule has 1 aromatic rings. The SMILES string of the molecule is Cc1cccc(C=C2CCC3(CC2)OCCO3)c1. The molecule has 0 atom stereocenters. The van der Waals surface area contributed by atoms with Gasteiger partial charge in [0.2, 0.25) is 0 Å². The molecule has 2 fully saturated rings. The van der Waals surface area contributed by atoms with Crippen LogP contribution in [0, 0.1) is 6.92 Å². The van der Waals surface area contributed by atoms with Gasteiger partial charge in [0, 0.05) is 12.8 Å². The van der Waals surface area contributed by atoms with E-state index < -0.39 is 0 Å². The maximum absolute atomic E-state index is 5.75. The smallest absolute Gasteiger partial charge is 0.169 e. The number of ether oxygens (including phenoxy) is 2. The second kappa shape index (κ2) is 4.87. The Hall–Kier alpha value is -1.12. The van der Waals surface area contributed by atoms with Gasteiger partial charge in [-0.15, -0.1) is 0 Å². The molecule has 18 heavy (non-hydrogen) atoms. The van der Waals surface area contributed by atoms with Gasteiger partial charge in [-0.1, -0.05) is 41.5 Å². The molecule has 2 nitrogen and oxygen atoms in total. The van der Waals surface area contributed by atoms with E-state index >= 15 is 0 Å². The average molecular weight is 244 g/mol. The van der Waals surface area contributed by atoms with E-state index in [1.54, 1.807) is 0 Å². The van der Waals surface area contributed by atoms with Crippen molar-refractivity contribution in [1.29, 1.82) is 0 Å². The molecule has 0 bridgehead atoms. The number of hydrogen-bond donors (Lipinski definition) is 0. The molecule has 1 aromatic carbocycles. The van der Waals surface area contributed by atoms with Crippen molar-refractivity contribution in [2.24, 2.45) is 0 Å². The fourth-order valence-corrected chi connectivity index (χ4v) is 2.88. The first kappa shape index (κ1) is 11.9. The van der Waals surface area contributed by atoms with E-state index in [1.165, 1.54) is 16.7 Å². The summed E-state index contributed by atoms with van der Waals surface area (Å²) in [5, 5.41) is 0. The molecule has 0 unspecified atom stereocenters. The summed E-state index contributed by atoms with van der Waals surface area (Å²) in [5.41, 5.74) is 4.15. The fourth-order valence-electron chi connectivity index (χ4n) is 2.88. The van der Waals surface area contributed by atoms with Crippen LogP contribution in [0.15, 0.2) is 29.8 Å². The summed E-state index contributed by atoms with van der Waals surface area (Å²) < 4.78 is 11.5. The Bertz CT molecular complexity index is 444. The van der Waals surface area contributed by atoms with Crippen LogP contribution in [0.5, 0.6) is 0 Å². The molecule has 1 spiro atoms. The summed E-state index contributed by atoms with van der Waals surface area (Å²) in [7, 11) is 0. The van der Waals surface area contributed by atoms with E-state index in [0.29, 0.717) is 0 Å². The van der Waals surface area contributed by atoms with Crippen molar-refractivity contribution in [3.05, 3.63) is 41.0 Å². The Morgan fingerprint density at radius 2 is 1.83 bits per heavy atom. The first-order chi connectivity index (χ1) is 8.76. The van der Waals surface area contributed by atoms with E-state index in [9.17, 15) is 0 Å². The van der Waals surface area contributed by atoms with E-state index in [1.807, 2.05) is 0 Å². The predicted molar refractivity (Wildman–Crippen MR) is 72.3 cm³/mol. The highest BCUT2D eigenvalue weighted by Crippen LogP contribution is 2.38. The molecular weight excluding hydrogens is 224 g/mol. The summed E-state index contributed by atoms with van der Waals surface area (Å²) in [6.45, 7) is 3.66. The lowest BCUT2D eigenvalue weighted by Crippen LogP contribution is -2.33. The number of allylic oxidation sites excluding steroid dienone is 1. The third-order valence-electron chi connectivity index (χ3n) is 3.88. The summed E-state index contributed by atoms with van der Waals surface area (Å²) in [6, 6.07) is 8.67. The maximum Gasteiger partial charge on any atom is 0.169 e. The third-order valence-corrected chi connectivity index (χ3v) is 3.88. The lowest BCUT2D eigenvalue weighted by Gasteiger charge is -2.32. The van der Waals surface area contributed by atoms with Gasteiger partial charge in [0.15, 0.2) is 5.79 Å². The Labute approximate surface area is 109 Å². The van der Waals surface area contributed by atoms with Gasteiger partial charge in [-0.05, 0) is 25.3 Å². The lowest BCUT2D eigenvalue weighted by molar-refractivity contribution is -0.171. The van der Waals surface area contributed by atoms with Crippen LogP contribution in [-0.2, 0) is 9.47 Å².